The number of carbonyl (C=O) groups is 2. The van der Waals surface area contributed by atoms with E-state index in [-0.39, 0.29) is 17.2 Å². The van der Waals surface area contributed by atoms with Gasteiger partial charge >= 0.3 is 0 Å². The lowest BCUT2D eigenvalue weighted by Gasteiger charge is -2.27. The topological polar surface area (TPSA) is 70.2 Å². The van der Waals surface area contributed by atoms with Crippen LogP contribution in [-0.4, -0.2) is 31.4 Å². The van der Waals surface area contributed by atoms with Crippen molar-refractivity contribution in [1.29, 1.82) is 0 Å². The molecule has 0 bridgehead atoms. The van der Waals surface area contributed by atoms with Crippen molar-refractivity contribution in [3.63, 3.8) is 0 Å². The second-order valence-corrected chi connectivity index (χ2v) is 7.49. The molecule has 0 atom stereocenters. The summed E-state index contributed by atoms with van der Waals surface area (Å²) in [6.07, 6.45) is 0.851. The van der Waals surface area contributed by atoms with Crippen LogP contribution in [0.1, 0.15) is 32.8 Å². The first-order valence-corrected chi connectivity index (χ1v) is 8.18. The first-order chi connectivity index (χ1) is 10.8. The van der Waals surface area contributed by atoms with Crippen molar-refractivity contribution in [2.75, 3.05) is 25.0 Å². The minimum Gasteiger partial charge on any atom is -0.355 e. The summed E-state index contributed by atoms with van der Waals surface area (Å²) in [5, 5.41) is 9.03. The molecular formula is C18H27N3O2. The van der Waals surface area contributed by atoms with Crippen LogP contribution in [0.5, 0.6) is 0 Å². The lowest BCUT2D eigenvalue weighted by Crippen LogP contribution is -2.48. The van der Waals surface area contributed by atoms with Crippen LogP contribution in [0.4, 0.5) is 5.69 Å². The standard InChI is InChI=1S/C18H27N3O2/c1-18(2,3)9-17(23)21-15-6-4-13(5-7-15)8-16(22)20-12-14-10-19-11-14/h4-7,14,19H,8-12H2,1-3H3,(H,20,22)(H,21,23). The molecule has 1 aromatic rings. The van der Waals surface area contributed by atoms with Crippen LogP contribution in [-0.2, 0) is 16.0 Å². The van der Waals surface area contributed by atoms with Crippen LogP contribution in [0.15, 0.2) is 24.3 Å². The zero-order valence-corrected chi connectivity index (χ0v) is 14.2. The molecule has 23 heavy (non-hydrogen) atoms. The highest BCUT2D eigenvalue weighted by atomic mass is 16.2. The van der Waals surface area contributed by atoms with Gasteiger partial charge in [-0.05, 0) is 23.1 Å². The number of amides is 2. The van der Waals surface area contributed by atoms with Gasteiger partial charge in [0.15, 0.2) is 0 Å². The minimum absolute atomic E-state index is 0.0112. The third-order valence-electron chi connectivity index (χ3n) is 3.75. The van der Waals surface area contributed by atoms with Crippen molar-refractivity contribution in [1.82, 2.24) is 10.6 Å². The molecule has 1 heterocycles. The Morgan fingerprint density at radius 2 is 1.78 bits per heavy atom. The molecule has 0 aromatic heterocycles. The molecule has 5 heteroatoms. The Bertz CT molecular complexity index is 542. The third-order valence-corrected chi connectivity index (χ3v) is 3.75. The zero-order valence-electron chi connectivity index (χ0n) is 14.2. The van der Waals surface area contributed by atoms with Crippen molar-refractivity contribution >= 4 is 17.5 Å². The Balaban J connectivity index is 1.77. The fourth-order valence-electron chi connectivity index (χ4n) is 2.39. The predicted molar refractivity (Wildman–Crippen MR) is 92.2 cm³/mol. The first kappa shape index (κ1) is 17.5. The van der Waals surface area contributed by atoms with Crippen molar-refractivity contribution in [3.05, 3.63) is 29.8 Å². The van der Waals surface area contributed by atoms with Gasteiger partial charge in [0.25, 0.3) is 0 Å². The van der Waals surface area contributed by atoms with Crippen molar-refractivity contribution in [3.8, 4) is 0 Å². The van der Waals surface area contributed by atoms with Crippen molar-refractivity contribution < 1.29 is 9.59 Å². The van der Waals surface area contributed by atoms with E-state index in [2.05, 4.69) is 16.0 Å². The smallest absolute Gasteiger partial charge is 0.224 e. The van der Waals surface area contributed by atoms with Gasteiger partial charge in [-0.1, -0.05) is 32.9 Å². The molecule has 0 unspecified atom stereocenters. The normalized spacial score (nSPS) is 14.9. The predicted octanol–water partition coefficient (Wildman–Crippen LogP) is 1.94. The summed E-state index contributed by atoms with van der Waals surface area (Å²) in [5.41, 5.74) is 1.69. The number of hydrogen-bond donors (Lipinski definition) is 3. The van der Waals surface area contributed by atoms with Gasteiger partial charge in [0.1, 0.15) is 0 Å². The van der Waals surface area contributed by atoms with E-state index >= 15 is 0 Å². The number of hydrogen-bond acceptors (Lipinski definition) is 3. The van der Waals surface area contributed by atoms with E-state index < -0.39 is 0 Å². The quantitative estimate of drug-likeness (QED) is 0.751. The highest BCUT2D eigenvalue weighted by Crippen LogP contribution is 2.19. The van der Waals surface area contributed by atoms with Gasteiger partial charge in [-0.3, -0.25) is 9.59 Å². The Labute approximate surface area is 138 Å². The van der Waals surface area contributed by atoms with Crippen LogP contribution in [0, 0.1) is 11.3 Å². The molecule has 1 aliphatic heterocycles. The number of benzene rings is 1. The summed E-state index contributed by atoms with van der Waals surface area (Å²) < 4.78 is 0. The molecule has 0 spiro atoms. The van der Waals surface area contributed by atoms with Crippen LogP contribution in [0.25, 0.3) is 0 Å². The van der Waals surface area contributed by atoms with Gasteiger partial charge in [0.2, 0.25) is 11.8 Å². The second-order valence-electron chi connectivity index (χ2n) is 7.49. The average Bonchev–Trinajstić information content (AvgIpc) is 2.37. The molecule has 1 aromatic carbocycles. The molecule has 2 rings (SSSR count). The number of rotatable bonds is 6. The molecule has 1 saturated heterocycles. The fourth-order valence-corrected chi connectivity index (χ4v) is 2.39. The first-order valence-electron chi connectivity index (χ1n) is 8.18. The minimum atomic E-state index is -0.0297. The largest absolute Gasteiger partial charge is 0.355 e. The maximum atomic E-state index is 11.9. The van der Waals surface area contributed by atoms with E-state index in [4.69, 9.17) is 0 Å². The fraction of sp³-hybridized carbons (Fsp3) is 0.556. The van der Waals surface area contributed by atoms with Gasteiger partial charge in [0.05, 0.1) is 6.42 Å². The maximum Gasteiger partial charge on any atom is 0.224 e. The van der Waals surface area contributed by atoms with Gasteiger partial charge in [0, 0.05) is 37.7 Å². The average molecular weight is 317 g/mol. The Hall–Kier alpha value is -1.88. The van der Waals surface area contributed by atoms with Gasteiger partial charge in [-0.2, -0.15) is 0 Å². The van der Waals surface area contributed by atoms with Crippen LogP contribution in [0.3, 0.4) is 0 Å². The molecular weight excluding hydrogens is 290 g/mol. The summed E-state index contributed by atoms with van der Waals surface area (Å²) >= 11 is 0. The monoisotopic (exact) mass is 317 g/mol. The maximum absolute atomic E-state index is 11.9. The van der Waals surface area contributed by atoms with E-state index in [1.807, 2.05) is 45.0 Å². The van der Waals surface area contributed by atoms with Crippen LogP contribution in [0.2, 0.25) is 0 Å². The second kappa shape index (κ2) is 7.59. The molecule has 0 radical (unpaired) electrons. The summed E-state index contributed by atoms with van der Waals surface area (Å²) in [4.78, 5) is 23.8. The molecule has 3 N–H and O–H groups in total. The zero-order chi connectivity index (χ0) is 16.9. The van der Waals surface area contributed by atoms with Crippen molar-refractivity contribution in [2.45, 2.75) is 33.6 Å². The molecule has 126 valence electrons. The lowest BCUT2D eigenvalue weighted by atomic mass is 9.92. The lowest BCUT2D eigenvalue weighted by molar-refractivity contribution is -0.120. The summed E-state index contributed by atoms with van der Waals surface area (Å²) in [6.45, 7) is 8.83. The van der Waals surface area contributed by atoms with Gasteiger partial charge in [-0.15, -0.1) is 0 Å². The van der Waals surface area contributed by atoms with Crippen LogP contribution < -0.4 is 16.0 Å². The third kappa shape index (κ3) is 6.40. The summed E-state index contributed by atoms with van der Waals surface area (Å²) in [7, 11) is 0. The number of nitrogens with one attached hydrogen (secondary N) is 3. The molecule has 0 aliphatic carbocycles. The van der Waals surface area contributed by atoms with E-state index in [1.54, 1.807) is 0 Å². The Morgan fingerprint density at radius 1 is 1.13 bits per heavy atom. The SMILES string of the molecule is CC(C)(C)CC(=O)Nc1ccc(CC(=O)NCC2CNC2)cc1. The van der Waals surface area contributed by atoms with E-state index in [0.29, 0.717) is 18.8 Å². The Morgan fingerprint density at radius 3 is 2.30 bits per heavy atom. The highest BCUT2D eigenvalue weighted by molar-refractivity contribution is 5.91. The number of anilines is 1. The van der Waals surface area contributed by atoms with Gasteiger partial charge < -0.3 is 16.0 Å². The van der Waals surface area contributed by atoms with Gasteiger partial charge in [-0.25, -0.2) is 0 Å². The Kier molecular flexibility index (Phi) is 5.77. The van der Waals surface area contributed by atoms with E-state index in [9.17, 15) is 9.59 Å². The highest BCUT2D eigenvalue weighted by Gasteiger charge is 2.17. The van der Waals surface area contributed by atoms with E-state index in [0.717, 1.165) is 30.9 Å². The molecule has 1 aliphatic rings. The summed E-state index contributed by atoms with van der Waals surface area (Å²) in [6, 6.07) is 7.46. The molecule has 0 saturated carbocycles. The van der Waals surface area contributed by atoms with Crippen molar-refractivity contribution in [2.24, 2.45) is 11.3 Å². The molecule has 5 nitrogen and oxygen atoms in total. The molecule has 1 fully saturated rings. The number of carbonyl (C=O) groups excluding carboxylic acids is 2. The molecule has 2 amide bonds. The summed E-state index contributed by atoms with van der Waals surface area (Å²) in [5.74, 6) is 0.623. The van der Waals surface area contributed by atoms with Crippen LogP contribution >= 0.6 is 0 Å². The van der Waals surface area contributed by atoms with E-state index in [1.165, 1.54) is 0 Å².